The van der Waals surface area contributed by atoms with Crippen molar-refractivity contribution in [3.05, 3.63) is 22.6 Å². The van der Waals surface area contributed by atoms with Gasteiger partial charge in [0.15, 0.2) is 0 Å². The summed E-state index contributed by atoms with van der Waals surface area (Å²) in [6.07, 6.45) is 0. The SMILES string of the molecule is C=N/C(C)=C(O)\C(CN)=C(/C)CO. The second-order valence-electron chi connectivity index (χ2n) is 2.71. The molecule has 0 aromatic rings. The van der Waals surface area contributed by atoms with Crippen LogP contribution in [0.2, 0.25) is 0 Å². The van der Waals surface area contributed by atoms with Gasteiger partial charge in [-0.1, -0.05) is 0 Å². The molecule has 4 nitrogen and oxygen atoms in total. The van der Waals surface area contributed by atoms with Crippen molar-refractivity contribution in [3.8, 4) is 0 Å². The number of nitrogens with two attached hydrogens (primary N) is 1. The first kappa shape index (κ1) is 11.9. The predicted octanol–water partition coefficient (Wildman–Crippen LogP) is 0.744. The van der Waals surface area contributed by atoms with Crippen LogP contribution in [0.3, 0.4) is 0 Å². The van der Waals surface area contributed by atoms with Crippen molar-refractivity contribution < 1.29 is 10.2 Å². The van der Waals surface area contributed by atoms with E-state index in [0.29, 0.717) is 16.8 Å². The van der Waals surface area contributed by atoms with Gasteiger partial charge in [-0.2, -0.15) is 0 Å². The first-order valence-corrected chi connectivity index (χ1v) is 3.95. The summed E-state index contributed by atoms with van der Waals surface area (Å²) in [5.74, 6) is 0.00375. The number of aliphatic imine (C=N–C) groups is 1. The van der Waals surface area contributed by atoms with Gasteiger partial charge in [-0.05, 0) is 26.1 Å². The average molecular weight is 184 g/mol. The standard InChI is InChI=1S/C9H16N2O2/c1-6(5-12)8(4-10)9(13)7(2)11-3/h12-13H,3-5,10H2,1-2H3/b8-6+,9-7+. The van der Waals surface area contributed by atoms with Crippen LogP contribution in [0.25, 0.3) is 0 Å². The summed E-state index contributed by atoms with van der Waals surface area (Å²) in [4.78, 5) is 3.58. The molecule has 0 saturated heterocycles. The molecule has 0 rings (SSSR count). The highest BCUT2D eigenvalue weighted by Crippen LogP contribution is 2.15. The lowest BCUT2D eigenvalue weighted by molar-refractivity contribution is 0.327. The summed E-state index contributed by atoms with van der Waals surface area (Å²) in [6.45, 7) is 6.67. The van der Waals surface area contributed by atoms with E-state index in [9.17, 15) is 5.11 Å². The lowest BCUT2D eigenvalue weighted by Crippen LogP contribution is -2.10. The molecule has 0 heterocycles. The quantitative estimate of drug-likeness (QED) is 0.342. The Balaban J connectivity index is 5.12. The second kappa shape index (κ2) is 5.50. The number of aliphatic hydroxyl groups excluding tert-OH is 2. The fraction of sp³-hybridized carbons (Fsp3) is 0.444. The highest BCUT2D eigenvalue weighted by Gasteiger charge is 2.07. The van der Waals surface area contributed by atoms with Gasteiger partial charge in [0.1, 0.15) is 5.76 Å². The third-order valence-corrected chi connectivity index (χ3v) is 1.82. The van der Waals surface area contributed by atoms with Gasteiger partial charge in [0.2, 0.25) is 0 Å². The van der Waals surface area contributed by atoms with Gasteiger partial charge in [-0.15, -0.1) is 0 Å². The number of hydrogen-bond donors (Lipinski definition) is 3. The number of hydrogen-bond acceptors (Lipinski definition) is 4. The maximum absolute atomic E-state index is 9.58. The van der Waals surface area contributed by atoms with E-state index in [-0.39, 0.29) is 18.9 Å². The van der Waals surface area contributed by atoms with Gasteiger partial charge >= 0.3 is 0 Å². The first-order chi connectivity index (χ1) is 6.08. The highest BCUT2D eigenvalue weighted by atomic mass is 16.3. The molecule has 0 amide bonds. The molecule has 0 aliphatic heterocycles. The van der Waals surface area contributed by atoms with Crippen LogP contribution >= 0.6 is 0 Å². The summed E-state index contributed by atoms with van der Waals surface area (Å²) in [5.41, 5.74) is 6.99. The fourth-order valence-electron chi connectivity index (χ4n) is 0.862. The molecule has 0 atom stereocenters. The minimum atomic E-state index is -0.124. The summed E-state index contributed by atoms with van der Waals surface area (Å²) < 4.78 is 0. The van der Waals surface area contributed by atoms with E-state index in [0.717, 1.165) is 0 Å². The Labute approximate surface area is 78.1 Å². The molecule has 0 aromatic heterocycles. The zero-order valence-electron chi connectivity index (χ0n) is 8.04. The van der Waals surface area contributed by atoms with Crippen LogP contribution in [0.15, 0.2) is 27.6 Å². The highest BCUT2D eigenvalue weighted by molar-refractivity contribution is 5.37. The van der Waals surface area contributed by atoms with E-state index in [4.69, 9.17) is 10.8 Å². The maximum atomic E-state index is 9.58. The van der Waals surface area contributed by atoms with Crippen LogP contribution in [0.4, 0.5) is 0 Å². The largest absolute Gasteiger partial charge is 0.506 e. The van der Waals surface area contributed by atoms with Crippen LogP contribution in [-0.2, 0) is 0 Å². The van der Waals surface area contributed by atoms with Gasteiger partial charge in [-0.25, -0.2) is 0 Å². The minimum absolute atomic E-state index is 0.00375. The molecule has 0 bridgehead atoms. The molecule has 0 saturated carbocycles. The van der Waals surface area contributed by atoms with Crippen molar-refractivity contribution in [2.45, 2.75) is 13.8 Å². The molecule has 0 aliphatic rings. The molecule has 4 heteroatoms. The number of rotatable bonds is 4. The average Bonchev–Trinajstić information content (AvgIpc) is 2.17. The molecule has 13 heavy (non-hydrogen) atoms. The molecule has 0 aliphatic carbocycles. The van der Waals surface area contributed by atoms with Gasteiger partial charge in [-0.3, -0.25) is 4.99 Å². The number of aliphatic hydroxyl groups is 2. The number of nitrogens with zero attached hydrogens (tertiary/aromatic N) is 1. The summed E-state index contributed by atoms with van der Waals surface area (Å²) >= 11 is 0. The fourth-order valence-corrected chi connectivity index (χ4v) is 0.862. The van der Waals surface area contributed by atoms with E-state index in [2.05, 4.69) is 11.7 Å². The molecule has 0 radical (unpaired) electrons. The third-order valence-electron chi connectivity index (χ3n) is 1.82. The van der Waals surface area contributed by atoms with Crippen LogP contribution in [0, 0.1) is 0 Å². The van der Waals surface area contributed by atoms with E-state index in [1.165, 1.54) is 0 Å². The van der Waals surface area contributed by atoms with E-state index in [1.807, 2.05) is 0 Å². The van der Waals surface area contributed by atoms with Gasteiger partial charge in [0.25, 0.3) is 0 Å². The summed E-state index contributed by atoms with van der Waals surface area (Å²) in [5, 5.41) is 18.4. The van der Waals surface area contributed by atoms with Crippen molar-refractivity contribution >= 4 is 6.72 Å². The van der Waals surface area contributed by atoms with Crippen molar-refractivity contribution in [2.24, 2.45) is 10.7 Å². The topological polar surface area (TPSA) is 78.8 Å². The van der Waals surface area contributed by atoms with Gasteiger partial charge < -0.3 is 15.9 Å². The second-order valence-corrected chi connectivity index (χ2v) is 2.71. The van der Waals surface area contributed by atoms with Crippen molar-refractivity contribution in [1.82, 2.24) is 0 Å². The van der Waals surface area contributed by atoms with E-state index < -0.39 is 0 Å². The zero-order chi connectivity index (χ0) is 10.4. The van der Waals surface area contributed by atoms with Gasteiger partial charge in [0.05, 0.1) is 12.3 Å². The molecule has 0 unspecified atom stereocenters. The van der Waals surface area contributed by atoms with Crippen LogP contribution in [0.1, 0.15) is 13.8 Å². The van der Waals surface area contributed by atoms with E-state index in [1.54, 1.807) is 13.8 Å². The zero-order valence-corrected chi connectivity index (χ0v) is 8.04. The monoisotopic (exact) mass is 184 g/mol. The van der Waals surface area contributed by atoms with Crippen LogP contribution in [0.5, 0.6) is 0 Å². The van der Waals surface area contributed by atoms with Crippen molar-refractivity contribution in [3.63, 3.8) is 0 Å². The summed E-state index contributed by atoms with van der Waals surface area (Å²) in [6, 6.07) is 0. The molecular weight excluding hydrogens is 168 g/mol. The molecule has 4 N–H and O–H groups in total. The number of allylic oxidation sites excluding steroid dienone is 1. The smallest absolute Gasteiger partial charge is 0.141 e. The minimum Gasteiger partial charge on any atom is -0.506 e. The maximum Gasteiger partial charge on any atom is 0.141 e. The molecule has 0 fully saturated rings. The Hall–Kier alpha value is -1.13. The summed E-state index contributed by atoms with van der Waals surface area (Å²) in [7, 11) is 0. The Morgan fingerprint density at radius 2 is 2.00 bits per heavy atom. The van der Waals surface area contributed by atoms with Crippen LogP contribution < -0.4 is 5.73 Å². The normalized spacial score (nSPS) is 14.8. The Morgan fingerprint density at radius 3 is 2.31 bits per heavy atom. The Morgan fingerprint density at radius 1 is 1.46 bits per heavy atom. The lowest BCUT2D eigenvalue weighted by atomic mass is 10.1. The lowest BCUT2D eigenvalue weighted by Gasteiger charge is -2.08. The third kappa shape index (κ3) is 3.01. The molecule has 74 valence electrons. The van der Waals surface area contributed by atoms with Crippen LogP contribution in [-0.4, -0.2) is 30.1 Å². The predicted molar refractivity (Wildman–Crippen MR) is 53.7 cm³/mol. The van der Waals surface area contributed by atoms with E-state index >= 15 is 0 Å². The first-order valence-electron chi connectivity index (χ1n) is 3.95. The van der Waals surface area contributed by atoms with Crippen molar-refractivity contribution in [2.75, 3.05) is 13.2 Å². The molecular formula is C9H16N2O2. The van der Waals surface area contributed by atoms with Crippen molar-refractivity contribution in [1.29, 1.82) is 0 Å². The Kier molecular flexibility index (Phi) is 5.03. The Bertz CT molecular complexity index is 254. The molecule has 0 aromatic carbocycles. The molecule has 0 spiro atoms. The van der Waals surface area contributed by atoms with Gasteiger partial charge in [0, 0.05) is 12.1 Å².